The number of alkyl carbamates (subject to hydrolysis) is 1. The van der Waals surface area contributed by atoms with Crippen molar-refractivity contribution in [3.8, 4) is 23.0 Å². The first kappa shape index (κ1) is 102. The number of nitrogens with zero attached hydrogens (tertiary/aromatic N) is 6. The Labute approximate surface area is 747 Å². The summed E-state index contributed by atoms with van der Waals surface area (Å²) in [4.78, 5) is 151. The standard InChI is InChI=1S/C44H55N5O9.C39H50N4O6.C6H15N.C5H7NO3.C3H6O/c1-5-6-7-8-9-10-11-12-13-14-15-21-28-56-41(52)31-26-27-36(55-4)35(29-31)47-39(50)37(48-42(53)44(2,3)58-43(48)54)38-46-34-25-20-19-24-33(34)40(51)49(38)45-30-57-32-22-17-16-18-23-32;1-3-4-5-6-7-8-9-10-11-12-13-19-26-48-39(46)30-24-25-35(47-2)34(27-30)42-37(44)28-36-41-33-23-18-17-22-32(33)38(45)43(36)40-29-49-31-20-15-14-16-21-31;1-4-7(5-2)6-3;1-5(2)3(7)6-4(8)9-5;1-3(2)4/h16-20,22-27,29,37,45H,5-15,21,28,30H2,1-4H3,(H,47,50);14-18,20-25,27,40H,3-13,19,26,28-29H2,1-2H3,(H,42,44);4-6H2,1-3H3;1-2H3,(H,6,7,8);1-2H3/i;;;;1D. The second-order valence-electron chi connectivity index (χ2n) is 31.6. The molecule has 10 rings (SSSR count). The fourth-order valence-electron chi connectivity index (χ4n) is 13.6. The van der Waals surface area contributed by atoms with Crippen molar-refractivity contribution >= 4 is 86.7 Å². The average Bonchev–Trinajstić information content (AvgIpc) is 1.54. The third kappa shape index (κ3) is 34.9. The van der Waals surface area contributed by atoms with Gasteiger partial charge in [-0.05, 0) is 159 Å². The summed E-state index contributed by atoms with van der Waals surface area (Å²) in [7, 11) is 2.87. The van der Waals surface area contributed by atoms with Crippen molar-refractivity contribution in [1.29, 1.82) is 0 Å². The molecule has 127 heavy (non-hydrogen) atoms. The third-order valence-electron chi connectivity index (χ3n) is 20.7. The lowest BCUT2D eigenvalue weighted by atomic mass is 10.1. The van der Waals surface area contributed by atoms with Crippen LogP contribution >= 0.6 is 0 Å². The molecule has 0 bridgehead atoms. The van der Waals surface area contributed by atoms with E-state index in [9.17, 15) is 52.7 Å². The lowest BCUT2D eigenvalue weighted by Gasteiger charge is -2.27. The van der Waals surface area contributed by atoms with Crippen LogP contribution in [0.4, 0.5) is 21.0 Å². The SMILES string of the molecule is CC1(C)OC(=O)NC1=O.CCCCCCCCCCCCCCOC(=O)c1ccc(OC)c(NC(=O)C(c2nc3ccccc3c(=O)n2NCOc2ccccc2)N2C(=O)OC(C)(C)C2=O)c1.CCCCCCCCCCCCCCOC(=O)c1ccc(OC)c(NC(=O)Cc2nc3ccccc3c(=O)n2NCOc2ccccc2)c1.CCN(CC)CC.[2H]CC(C)=O. The fraction of sp³-hybridized carbons (Fsp3) is 0.495. The molecule has 0 saturated carbocycles. The summed E-state index contributed by atoms with van der Waals surface area (Å²) in [6, 6.07) is 38.7. The highest BCUT2D eigenvalue weighted by Crippen LogP contribution is 2.35. The van der Waals surface area contributed by atoms with Crippen molar-refractivity contribution in [1.82, 2.24) is 34.4 Å². The number of ether oxygens (including phenoxy) is 8. The normalized spacial score (nSPS) is 13.1. The zero-order valence-electron chi connectivity index (χ0n) is 77.2. The first-order valence-corrected chi connectivity index (χ1v) is 44.5. The molecule has 6 amide bonds. The van der Waals surface area contributed by atoms with Gasteiger partial charge >= 0.3 is 24.1 Å². The Bertz CT molecular complexity index is 4940. The molecule has 30 heteroatoms. The number of unbranched alkanes of at least 4 members (excludes halogenated alkanes) is 22. The molecule has 6 aromatic carbocycles. The Hall–Kier alpha value is -12.2. The van der Waals surface area contributed by atoms with Crippen molar-refractivity contribution in [2.45, 2.75) is 254 Å². The largest absolute Gasteiger partial charge is 0.495 e. The number of hydrogen-bond acceptors (Lipinski definition) is 24. The molecule has 690 valence electrons. The maximum absolute atomic E-state index is 14.6. The second kappa shape index (κ2) is 56.0. The lowest BCUT2D eigenvalue weighted by Crippen LogP contribution is -2.47. The van der Waals surface area contributed by atoms with Gasteiger partial charge in [0.15, 0.2) is 36.5 Å². The van der Waals surface area contributed by atoms with E-state index >= 15 is 0 Å². The molecule has 2 saturated heterocycles. The summed E-state index contributed by atoms with van der Waals surface area (Å²) in [6.07, 6.45) is 27.0. The van der Waals surface area contributed by atoms with Crippen LogP contribution in [0.3, 0.4) is 0 Å². The molecule has 2 fully saturated rings. The number of carbonyl (C=O) groups is 9. The maximum atomic E-state index is 14.6. The molecule has 30 nitrogen and oxygen atoms in total. The van der Waals surface area contributed by atoms with Crippen molar-refractivity contribution in [2.75, 3.05) is 82.0 Å². The van der Waals surface area contributed by atoms with Gasteiger partial charge in [-0.3, -0.25) is 44.9 Å². The molecule has 2 aliphatic rings. The molecule has 2 aliphatic heterocycles. The zero-order valence-corrected chi connectivity index (χ0v) is 76.2. The smallest absolute Gasteiger partial charge is 0.418 e. The number of aromatic nitrogens is 4. The van der Waals surface area contributed by atoms with Crippen LogP contribution in [0.5, 0.6) is 23.0 Å². The van der Waals surface area contributed by atoms with E-state index in [1.165, 1.54) is 207 Å². The Morgan fingerprint density at radius 2 is 0.898 bits per heavy atom. The summed E-state index contributed by atoms with van der Waals surface area (Å²) in [6.45, 7) is 22.1. The Morgan fingerprint density at radius 1 is 0.496 bits per heavy atom. The van der Waals surface area contributed by atoms with Crippen LogP contribution in [0.15, 0.2) is 155 Å². The number of ketones is 1. The van der Waals surface area contributed by atoms with Crippen LogP contribution in [0.1, 0.15) is 270 Å². The highest BCUT2D eigenvalue weighted by atomic mass is 16.6. The van der Waals surface area contributed by atoms with Crippen molar-refractivity contribution < 1.29 is 82.4 Å². The van der Waals surface area contributed by atoms with Gasteiger partial charge in [-0.1, -0.05) is 237 Å². The van der Waals surface area contributed by atoms with Crippen LogP contribution < -0.4 is 56.9 Å². The number of para-hydroxylation sites is 4. The van der Waals surface area contributed by atoms with Gasteiger partial charge in [0.25, 0.3) is 28.8 Å². The summed E-state index contributed by atoms with van der Waals surface area (Å²) in [5.41, 5.74) is 3.69. The Morgan fingerprint density at radius 3 is 1.28 bits per heavy atom. The van der Waals surface area contributed by atoms with E-state index in [4.69, 9.17) is 34.5 Å². The molecule has 1 atom stereocenters. The van der Waals surface area contributed by atoms with Gasteiger partial charge in [-0.2, -0.15) is 0 Å². The van der Waals surface area contributed by atoms with Crippen molar-refractivity contribution in [2.24, 2.45) is 0 Å². The van der Waals surface area contributed by atoms with Gasteiger partial charge < -0.3 is 58.2 Å². The summed E-state index contributed by atoms with van der Waals surface area (Å²) in [5, 5.41) is 8.12. The first-order chi connectivity index (χ1) is 61.7. The number of amides is 6. The number of hydrogen-bond donors (Lipinski definition) is 5. The van der Waals surface area contributed by atoms with E-state index in [1.807, 2.05) is 29.6 Å². The highest BCUT2D eigenvalue weighted by Gasteiger charge is 2.54. The molecule has 5 N–H and O–H groups in total. The highest BCUT2D eigenvalue weighted by molar-refractivity contribution is 6.09. The summed E-state index contributed by atoms with van der Waals surface area (Å²) in [5.74, 6) is -2.21. The van der Waals surface area contributed by atoms with Crippen LogP contribution in [0.2, 0.25) is 0 Å². The molecule has 1 unspecified atom stereocenters. The Balaban J connectivity index is 0.000000323. The van der Waals surface area contributed by atoms with Gasteiger partial charge in [0.05, 0.1) is 78.2 Å². The number of imide groups is 2. The van der Waals surface area contributed by atoms with E-state index < -0.39 is 64.6 Å². The number of anilines is 2. The Kier molecular flexibility index (Phi) is 44.9. The predicted molar refractivity (Wildman–Crippen MR) is 493 cm³/mol. The predicted octanol–water partition coefficient (Wildman–Crippen LogP) is 18.3. The molecular formula is C97H133N11O19. The topological polar surface area (TPSA) is 364 Å². The fourth-order valence-corrected chi connectivity index (χ4v) is 13.6. The number of methoxy groups -OCH3 is 2. The van der Waals surface area contributed by atoms with Crippen LogP contribution in [-0.4, -0.2) is 154 Å². The summed E-state index contributed by atoms with van der Waals surface area (Å²) < 4.78 is 52.0. The lowest BCUT2D eigenvalue weighted by molar-refractivity contribution is -0.139. The monoisotopic (exact) mass is 1760 g/mol. The van der Waals surface area contributed by atoms with E-state index in [0.717, 1.165) is 49.6 Å². The number of carbonyl (C=O) groups excluding carboxylic acids is 9. The van der Waals surface area contributed by atoms with Crippen molar-refractivity contribution in [3.05, 3.63) is 189 Å². The minimum absolute atomic E-state index is 0.0320. The van der Waals surface area contributed by atoms with Crippen molar-refractivity contribution in [3.63, 3.8) is 0 Å². The zero-order chi connectivity index (χ0) is 93.2. The molecular weight excluding hydrogens is 1620 g/mol. The summed E-state index contributed by atoms with van der Waals surface area (Å²) >= 11 is 0. The minimum Gasteiger partial charge on any atom is -0.495 e. The number of nitrogens with one attached hydrogen (secondary N) is 5. The molecule has 0 aliphatic carbocycles. The van der Waals surface area contributed by atoms with E-state index in [-0.39, 0.29) is 90.2 Å². The van der Waals surface area contributed by atoms with Gasteiger partial charge in [-0.15, -0.1) is 0 Å². The number of rotatable bonds is 48. The quantitative estimate of drug-likeness (QED) is 0.0102. The number of cyclic esters (lactones) is 2. The van der Waals surface area contributed by atoms with E-state index in [0.29, 0.717) is 50.9 Å². The maximum Gasteiger partial charge on any atom is 0.418 e. The van der Waals surface area contributed by atoms with Gasteiger partial charge in [0.2, 0.25) is 5.91 Å². The van der Waals surface area contributed by atoms with Gasteiger partial charge in [0, 0.05) is 1.37 Å². The van der Waals surface area contributed by atoms with Crippen LogP contribution in [0.25, 0.3) is 21.8 Å². The second-order valence-corrected chi connectivity index (χ2v) is 31.6. The van der Waals surface area contributed by atoms with Gasteiger partial charge in [-0.25, -0.2) is 43.4 Å². The number of benzene rings is 6. The minimum atomic E-state index is -1.85. The molecule has 2 aromatic heterocycles. The molecule has 0 radical (unpaired) electrons. The molecule has 8 aromatic rings. The first-order valence-electron chi connectivity index (χ1n) is 45.2. The third-order valence-corrected chi connectivity index (χ3v) is 20.7. The van der Waals surface area contributed by atoms with Crippen LogP contribution in [-0.2, 0) is 49.3 Å². The number of Topliss-reactive ketones (excluding diaryl/α,β-unsaturated/α-hetero) is 1. The average molecular weight is 1760 g/mol. The van der Waals surface area contributed by atoms with Gasteiger partial charge in [0.1, 0.15) is 34.6 Å². The molecule has 0 spiro atoms. The number of fused-ring (bicyclic) bond motifs is 2. The van der Waals surface area contributed by atoms with E-state index in [2.05, 4.69) is 75.7 Å². The van der Waals surface area contributed by atoms with Crippen LogP contribution in [0, 0.1) is 0 Å². The number of esters is 2. The molecule has 4 heterocycles. The van der Waals surface area contributed by atoms with E-state index in [1.54, 1.807) is 97.1 Å².